The number of ether oxygens (including phenoxy) is 1. The summed E-state index contributed by atoms with van der Waals surface area (Å²) in [6.07, 6.45) is 8.24. The summed E-state index contributed by atoms with van der Waals surface area (Å²) in [6, 6.07) is 10.2. The van der Waals surface area contributed by atoms with Gasteiger partial charge in [-0.1, -0.05) is 18.2 Å². The van der Waals surface area contributed by atoms with Crippen LogP contribution in [0.1, 0.15) is 49.7 Å². The van der Waals surface area contributed by atoms with Crippen molar-refractivity contribution in [1.29, 1.82) is 0 Å². The van der Waals surface area contributed by atoms with Gasteiger partial charge in [0.1, 0.15) is 6.61 Å². The number of aromatic amines is 1. The van der Waals surface area contributed by atoms with E-state index in [4.69, 9.17) is 4.74 Å². The Bertz CT molecular complexity index is 1370. The maximum Gasteiger partial charge on any atom is 0.302 e. The molecule has 9 heteroatoms. The minimum absolute atomic E-state index is 0.0748. The van der Waals surface area contributed by atoms with Crippen LogP contribution >= 0.6 is 0 Å². The molecule has 1 amide bonds. The van der Waals surface area contributed by atoms with Crippen LogP contribution in [-0.2, 0) is 14.3 Å². The Balaban J connectivity index is 1.19. The maximum absolute atomic E-state index is 13.5. The Morgan fingerprint density at radius 3 is 2.38 bits per heavy atom. The summed E-state index contributed by atoms with van der Waals surface area (Å²) in [6.45, 7) is 4.62. The highest BCUT2D eigenvalue weighted by atomic mass is 19.2. The van der Waals surface area contributed by atoms with Gasteiger partial charge in [0.2, 0.25) is 5.91 Å². The molecule has 1 atom stereocenters. The second kappa shape index (κ2) is 12.3. The number of H-pyrrole nitrogens is 1. The van der Waals surface area contributed by atoms with Crippen molar-refractivity contribution in [2.24, 2.45) is 5.92 Å². The number of rotatable bonds is 7. The molecular formula is C31H34F3N3O3. The zero-order chi connectivity index (χ0) is 28.2. The van der Waals surface area contributed by atoms with Gasteiger partial charge in [0.05, 0.1) is 0 Å². The standard InChI is InChI=1S/C31H34F3N3O3/c1-20(38)40-19-29(36-12-8-22(9-13-36)25-18-35-28-5-3-2-4-24(25)28)23-10-14-37(15-11-23)30(39)7-6-21-16-26(32)31(34)27(33)17-21/h2-7,16-18,22-23,29,35H,8-15,19H2,1H3. The molecule has 212 valence electrons. The Morgan fingerprint density at radius 2 is 1.70 bits per heavy atom. The van der Waals surface area contributed by atoms with Crippen LogP contribution in [-0.4, -0.2) is 65.5 Å². The Morgan fingerprint density at radius 1 is 1.02 bits per heavy atom. The highest BCUT2D eigenvalue weighted by Gasteiger charge is 2.35. The van der Waals surface area contributed by atoms with Crippen LogP contribution in [0.2, 0.25) is 0 Å². The Hall–Kier alpha value is -3.59. The third-order valence-corrected chi connectivity index (χ3v) is 8.34. The van der Waals surface area contributed by atoms with Crippen molar-refractivity contribution in [2.45, 2.75) is 44.6 Å². The van der Waals surface area contributed by atoms with Crippen molar-refractivity contribution in [1.82, 2.24) is 14.8 Å². The third-order valence-electron chi connectivity index (χ3n) is 8.34. The second-order valence-electron chi connectivity index (χ2n) is 10.8. The molecule has 2 aliphatic heterocycles. The van der Waals surface area contributed by atoms with E-state index in [0.717, 1.165) is 56.4 Å². The lowest BCUT2D eigenvalue weighted by Gasteiger charge is -2.43. The van der Waals surface area contributed by atoms with E-state index in [1.165, 1.54) is 30.0 Å². The molecular weight excluding hydrogens is 519 g/mol. The lowest BCUT2D eigenvalue weighted by Crippen LogP contribution is -2.51. The number of aromatic nitrogens is 1. The molecule has 1 N–H and O–H groups in total. The minimum atomic E-state index is -1.53. The van der Waals surface area contributed by atoms with Crippen LogP contribution in [0.5, 0.6) is 0 Å². The number of hydrogen-bond acceptors (Lipinski definition) is 4. The van der Waals surface area contributed by atoms with Gasteiger partial charge in [-0.25, -0.2) is 13.2 Å². The number of fused-ring (bicyclic) bond motifs is 1. The molecule has 0 bridgehead atoms. The van der Waals surface area contributed by atoms with E-state index in [1.54, 1.807) is 4.90 Å². The zero-order valence-corrected chi connectivity index (χ0v) is 22.5. The number of nitrogens with zero attached hydrogens (tertiary/aromatic N) is 2. The van der Waals surface area contributed by atoms with Crippen molar-refractivity contribution < 1.29 is 27.5 Å². The lowest BCUT2D eigenvalue weighted by atomic mass is 9.84. The van der Waals surface area contributed by atoms with Crippen molar-refractivity contribution in [2.75, 3.05) is 32.8 Å². The number of nitrogens with one attached hydrogen (secondary N) is 1. The van der Waals surface area contributed by atoms with E-state index < -0.39 is 17.5 Å². The fraction of sp³-hybridized carbons (Fsp3) is 0.419. The van der Waals surface area contributed by atoms with Crippen molar-refractivity contribution in [3.05, 3.63) is 77.2 Å². The summed E-state index contributed by atoms with van der Waals surface area (Å²) in [5, 5.41) is 1.28. The monoisotopic (exact) mass is 553 g/mol. The van der Waals surface area contributed by atoms with Gasteiger partial charge in [0.25, 0.3) is 0 Å². The van der Waals surface area contributed by atoms with Crippen LogP contribution < -0.4 is 0 Å². The number of likely N-dealkylation sites (tertiary alicyclic amines) is 2. The summed E-state index contributed by atoms with van der Waals surface area (Å²) in [5.41, 5.74) is 2.59. The molecule has 0 aliphatic carbocycles. The zero-order valence-electron chi connectivity index (χ0n) is 22.5. The van der Waals surface area contributed by atoms with E-state index in [-0.39, 0.29) is 29.4 Å². The lowest BCUT2D eigenvalue weighted by molar-refractivity contribution is -0.144. The van der Waals surface area contributed by atoms with E-state index in [9.17, 15) is 22.8 Å². The number of piperidine rings is 2. The summed E-state index contributed by atoms with van der Waals surface area (Å²) < 4.78 is 45.6. The number of halogens is 3. The third kappa shape index (κ3) is 6.25. The number of benzene rings is 2. The van der Waals surface area contributed by atoms with Gasteiger partial charge in [-0.3, -0.25) is 14.5 Å². The predicted octanol–water partition coefficient (Wildman–Crippen LogP) is 5.65. The number of amides is 1. The molecule has 2 aliphatic rings. The normalized spacial score (nSPS) is 18.4. The van der Waals surface area contributed by atoms with Crippen LogP contribution in [0.4, 0.5) is 13.2 Å². The molecule has 0 spiro atoms. The number of hydrogen-bond donors (Lipinski definition) is 1. The topological polar surface area (TPSA) is 65.6 Å². The molecule has 3 aromatic rings. The second-order valence-corrected chi connectivity index (χ2v) is 10.8. The van der Waals surface area contributed by atoms with Gasteiger partial charge in [0, 0.05) is 49.2 Å². The smallest absolute Gasteiger partial charge is 0.302 e. The van der Waals surface area contributed by atoms with E-state index in [1.807, 2.05) is 6.07 Å². The van der Waals surface area contributed by atoms with Crippen LogP contribution in [0.25, 0.3) is 17.0 Å². The van der Waals surface area contributed by atoms with Crippen LogP contribution in [0.3, 0.4) is 0 Å². The molecule has 1 aromatic heterocycles. The van der Waals surface area contributed by atoms with Gasteiger partial charge in [-0.15, -0.1) is 0 Å². The van der Waals surface area contributed by atoms with Gasteiger partial charge < -0.3 is 14.6 Å². The molecule has 0 saturated carbocycles. The number of carbonyl (C=O) groups is 2. The Labute approximate surface area is 231 Å². The van der Waals surface area contributed by atoms with Crippen LogP contribution in [0.15, 0.2) is 48.7 Å². The number of esters is 1. The summed E-state index contributed by atoms with van der Waals surface area (Å²) in [4.78, 5) is 31.9. The van der Waals surface area contributed by atoms with Gasteiger partial charge in [0.15, 0.2) is 17.5 Å². The maximum atomic E-state index is 13.5. The highest BCUT2D eigenvalue weighted by Crippen LogP contribution is 2.35. The molecule has 6 nitrogen and oxygen atoms in total. The molecule has 5 rings (SSSR count). The van der Waals surface area contributed by atoms with Gasteiger partial charge in [-0.05, 0) is 86.0 Å². The number of carbonyl (C=O) groups excluding carboxylic acids is 2. The predicted molar refractivity (Wildman–Crippen MR) is 147 cm³/mol. The van der Waals surface area contributed by atoms with Crippen LogP contribution in [0, 0.1) is 23.4 Å². The molecule has 40 heavy (non-hydrogen) atoms. The largest absolute Gasteiger partial charge is 0.464 e. The fourth-order valence-corrected chi connectivity index (χ4v) is 6.17. The number of para-hydroxylation sites is 1. The highest BCUT2D eigenvalue weighted by molar-refractivity contribution is 5.91. The molecule has 0 radical (unpaired) electrons. The summed E-state index contributed by atoms with van der Waals surface area (Å²) in [5.74, 6) is -3.95. The molecule has 2 aromatic carbocycles. The summed E-state index contributed by atoms with van der Waals surface area (Å²) >= 11 is 0. The molecule has 1 unspecified atom stereocenters. The van der Waals surface area contributed by atoms with E-state index in [0.29, 0.717) is 25.6 Å². The first kappa shape index (κ1) is 28.0. The van der Waals surface area contributed by atoms with Crippen molar-refractivity contribution in [3.8, 4) is 0 Å². The average molecular weight is 554 g/mol. The minimum Gasteiger partial charge on any atom is -0.464 e. The van der Waals surface area contributed by atoms with Crippen molar-refractivity contribution in [3.63, 3.8) is 0 Å². The van der Waals surface area contributed by atoms with Gasteiger partial charge >= 0.3 is 5.97 Å². The average Bonchev–Trinajstić information content (AvgIpc) is 3.39. The Kier molecular flexibility index (Phi) is 8.59. The first-order chi connectivity index (χ1) is 19.3. The SMILES string of the molecule is CC(=O)OCC(C1CCN(C(=O)C=Cc2cc(F)c(F)c(F)c2)CC1)N1CCC(c2c[nH]c3ccccc23)CC1. The first-order valence-electron chi connectivity index (χ1n) is 13.8. The quantitative estimate of drug-likeness (QED) is 0.233. The summed E-state index contributed by atoms with van der Waals surface area (Å²) in [7, 11) is 0. The fourth-order valence-electron chi connectivity index (χ4n) is 6.17. The molecule has 2 fully saturated rings. The van der Waals surface area contributed by atoms with Crippen molar-refractivity contribution >= 4 is 28.9 Å². The molecule has 3 heterocycles. The van der Waals surface area contributed by atoms with E-state index >= 15 is 0 Å². The first-order valence-corrected chi connectivity index (χ1v) is 13.8. The van der Waals surface area contributed by atoms with E-state index in [2.05, 4.69) is 34.3 Å². The van der Waals surface area contributed by atoms with Gasteiger partial charge in [-0.2, -0.15) is 0 Å². The molecule has 2 saturated heterocycles.